The fourth-order valence-corrected chi connectivity index (χ4v) is 3.73. The van der Waals surface area contributed by atoms with E-state index in [1.54, 1.807) is 4.90 Å². The summed E-state index contributed by atoms with van der Waals surface area (Å²) in [5.74, 6) is 0.810. The quantitative estimate of drug-likeness (QED) is 0.319. The highest BCUT2D eigenvalue weighted by Gasteiger charge is 2.36. The van der Waals surface area contributed by atoms with Gasteiger partial charge in [0.2, 0.25) is 11.7 Å². The number of unbranched alkanes of at least 4 members (excludes halogenated alkanes) is 5. The molecule has 4 N–H and O–H groups in total. The molecule has 8 heteroatoms. The molecule has 3 rings (SSSR count). The molecular weight excluding hydrogens is 390 g/mol. The van der Waals surface area contributed by atoms with Crippen molar-refractivity contribution in [3.05, 3.63) is 35.7 Å². The number of likely N-dealkylation sites (tertiary alicyclic amines) is 1. The third kappa shape index (κ3) is 6.18. The highest BCUT2D eigenvalue weighted by atomic mass is 35.5. The van der Waals surface area contributed by atoms with Crippen LogP contribution in [0.1, 0.15) is 69.4 Å². The maximum atomic E-state index is 9.88. The summed E-state index contributed by atoms with van der Waals surface area (Å²) < 4.78 is 5.41. The van der Waals surface area contributed by atoms with Gasteiger partial charge in [-0.15, -0.1) is 12.4 Å². The predicted octanol–water partition coefficient (Wildman–Crippen LogP) is 4.06. The van der Waals surface area contributed by atoms with Gasteiger partial charge in [0.25, 0.3) is 0 Å². The van der Waals surface area contributed by atoms with Crippen LogP contribution in [0.3, 0.4) is 0 Å². The molecule has 2 heterocycles. The molecule has 1 aliphatic heterocycles. The summed E-state index contributed by atoms with van der Waals surface area (Å²) in [6.07, 6.45) is 8.77. The van der Waals surface area contributed by atoms with Gasteiger partial charge in [-0.05, 0) is 18.4 Å². The first-order valence-corrected chi connectivity index (χ1v) is 10.3. The van der Waals surface area contributed by atoms with Crippen LogP contribution in [0.4, 0.5) is 0 Å². The summed E-state index contributed by atoms with van der Waals surface area (Å²) in [5, 5.41) is 21.6. The summed E-state index contributed by atoms with van der Waals surface area (Å²) in [5.41, 5.74) is 7.83. The number of aliphatic hydroxyl groups excluding tert-OH is 1. The number of nitrogens with zero attached hydrogens (tertiary/aromatic N) is 3. The zero-order valence-electron chi connectivity index (χ0n) is 17.0. The molecule has 0 aliphatic carbocycles. The molecule has 1 fully saturated rings. The van der Waals surface area contributed by atoms with E-state index in [9.17, 15) is 5.11 Å². The van der Waals surface area contributed by atoms with Gasteiger partial charge < -0.3 is 20.3 Å². The van der Waals surface area contributed by atoms with Gasteiger partial charge in [0, 0.05) is 18.5 Å². The lowest BCUT2D eigenvalue weighted by molar-refractivity contribution is 0.187. The van der Waals surface area contributed by atoms with Crippen LogP contribution in [0.15, 0.2) is 28.8 Å². The monoisotopic (exact) mass is 421 g/mol. The number of aromatic nitrogens is 2. The molecule has 1 aromatic carbocycles. The van der Waals surface area contributed by atoms with Crippen molar-refractivity contribution in [3.8, 4) is 11.4 Å². The van der Waals surface area contributed by atoms with E-state index in [1.165, 1.54) is 44.1 Å². The van der Waals surface area contributed by atoms with E-state index < -0.39 is 6.10 Å². The Bertz CT molecular complexity index is 765. The fraction of sp³-hybridized carbons (Fsp3) is 0.571. The van der Waals surface area contributed by atoms with Gasteiger partial charge >= 0.3 is 0 Å². The van der Waals surface area contributed by atoms with Crippen molar-refractivity contribution in [3.63, 3.8) is 0 Å². The second kappa shape index (κ2) is 11.2. The first-order valence-electron chi connectivity index (χ1n) is 10.3. The zero-order chi connectivity index (χ0) is 19.9. The average molecular weight is 422 g/mol. The number of β-amino-alcohol motifs (C(OH)–C–C–N with tert-alkyl or cyclic N) is 1. The molecule has 7 nitrogen and oxygen atoms in total. The number of hydrogen-bond donors (Lipinski definition) is 3. The third-order valence-corrected chi connectivity index (χ3v) is 5.35. The smallest absolute Gasteiger partial charge is 0.249 e. The van der Waals surface area contributed by atoms with E-state index in [-0.39, 0.29) is 24.4 Å². The number of guanidine groups is 1. The number of nitrogens with one attached hydrogen (secondary N) is 1. The van der Waals surface area contributed by atoms with Gasteiger partial charge in [-0.1, -0.05) is 68.4 Å². The van der Waals surface area contributed by atoms with Crippen molar-refractivity contribution in [1.29, 1.82) is 5.41 Å². The molecule has 0 spiro atoms. The normalized spacial score (nSPS) is 18.6. The second-order valence-electron chi connectivity index (χ2n) is 7.61. The van der Waals surface area contributed by atoms with Crippen LogP contribution in [0, 0.1) is 5.41 Å². The first-order chi connectivity index (χ1) is 13.6. The van der Waals surface area contributed by atoms with Crippen LogP contribution >= 0.6 is 12.4 Å². The Morgan fingerprint density at radius 2 is 1.90 bits per heavy atom. The van der Waals surface area contributed by atoms with Gasteiger partial charge in [-0.25, -0.2) is 0 Å². The average Bonchev–Trinajstić information content (AvgIpc) is 3.32. The number of hydrogen-bond acceptors (Lipinski definition) is 5. The predicted molar refractivity (Wildman–Crippen MR) is 116 cm³/mol. The number of benzene rings is 1. The van der Waals surface area contributed by atoms with Crippen LogP contribution in [0.2, 0.25) is 0 Å². The molecule has 0 radical (unpaired) electrons. The standard InChI is InChI=1S/C21H31N5O2.ClH/c1-2-3-4-5-6-7-8-15-9-11-16(12-10-15)19-24-20(28-25-19)18-13-17(27)14-26(18)21(22)23;/h9-12,17-18,27H,2-8,13-14H2,1H3,(H3,22,23);1H/t17-,18+;/m1./s1. The van der Waals surface area contributed by atoms with Crippen LogP contribution in [-0.4, -0.2) is 38.8 Å². The van der Waals surface area contributed by atoms with Gasteiger partial charge in [0.05, 0.1) is 6.10 Å². The summed E-state index contributed by atoms with van der Waals surface area (Å²) in [7, 11) is 0. The topological polar surface area (TPSA) is 112 Å². The van der Waals surface area contributed by atoms with E-state index in [0.29, 0.717) is 24.7 Å². The van der Waals surface area contributed by atoms with Crippen molar-refractivity contribution in [2.24, 2.45) is 5.73 Å². The van der Waals surface area contributed by atoms with Crippen LogP contribution < -0.4 is 5.73 Å². The molecule has 29 heavy (non-hydrogen) atoms. The lowest BCUT2D eigenvalue weighted by Gasteiger charge is -2.20. The number of halogens is 1. The van der Waals surface area contributed by atoms with Gasteiger partial charge in [0.1, 0.15) is 6.04 Å². The molecule has 2 atom stereocenters. The molecule has 0 unspecified atom stereocenters. The Hall–Kier alpha value is -2.12. The molecule has 160 valence electrons. The number of nitrogens with two attached hydrogens (primary N) is 1. The Morgan fingerprint density at radius 3 is 2.59 bits per heavy atom. The highest BCUT2D eigenvalue weighted by Crippen LogP contribution is 2.31. The summed E-state index contributed by atoms with van der Waals surface area (Å²) in [6, 6.07) is 7.94. The molecule has 0 saturated carbocycles. The molecule has 2 aromatic rings. The lowest BCUT2D eigenvalue weighted by atomic mass is 10.0. The minimum atomic E-state index is -0.550. The van der Waals surface area contributed by atoms with Crippen molar-refractivity contribution in [2.75, 3.05) is 6.54 Å². The van der Waals surface area contributed by atoms with Crippen molar-refractivity contribution in [1.82, 2.24) is 15.0 Å². The maximum absolute atomic E-state index is 9.88. The molecule has 1 aromatic heterocycles. The Labute approximate surface area is 178 Å². The molecule has 1 saturated heterocycles. The lowest BCUT2D eigenvalue weighted by Crippen LogP contribution is -2.36. The van der Waals surface area contributed by atoms with Crippen molar-refractivity contribution < 1.29 is 9.63 Å². The minimum Gasteiger partial charge on any atom is -0.391 e. The number of rotatable bonds is 9. The molecular formula is C21H32ClN5O2. The van der Waals surface area contributed by atoms with E-state index in [0.717, 1.165) is 12.0 Å². The van der Waals surface area contributed by atoms with Crippen molar-refractivity contribution >= 4 is 18.4 Å². The minimum absolute atomic E-state index is 0. The highest BCUT2D eigenvalue weighted by molar-refractivity contribution is 5.85. The van der Waals surface area contributed by atoms with Crippen LogP contribution in [0.5, 0.6) is 0 Å². The Morgan fingerprint density at radius 1 is 1.21 bits per heavy atom. The fourth-order valence-electron chi connectivity index (χ4n) is 3.73. The summed E-state index contributed by atoms with van der Waals surface area (Å²) in [4.78, 5) is 6.07. The largest absolute Gasteiger partial charge is 0.391 e. The summed E-state index contributed by atoms with van der Waals surface area (Å²) >= 11 is 0. The van der Waals surface area contributed by atoms with Gasteiger partial charge in [-0.2, -0.15) is 4.98 Å². The van der Waals surface area contributed by atoms with E-state index in [2.05, 4.69) is 29.2 Å². The van der Waals surface area contributed by atoms with Gasteiger partial charge in [-0.3, -0.25) is 5.41 Å². The molecule has 1 aliphatic rings. The van der Waals surface area contributed by atoms with Crippen LogP contribution in [0.25, 0.3) is 11.4 Å². The number of aliphatic hydroxyl groups is 1. The first kappa shape index (κ1) is 23.2. The molecule has 0 amide bonds. The summed E-state index contributed by atoms with van der Waals surface area (Å²) in [6.45, 7) is 2.55. The SMILES string of the molecule is CCCCCCCCc1ccc(-c2noc([C@@H]3C[C@@H](O)CN3C(=N)N)n2)cc1.Cl. The third-order valence-electron chi connectivity index (χ3n) is 5.35. The van der Waals surface area contributed by atoms with Gasteiger partial charge in [0.15, 0.2) is 5.96 Å². The number of aryl methyl sites for hydroxylation is 1. The van der Waals surface area contributed by atoms with Crippen molar-refractivity contribution in [2.45, 2.75) is 70.4 Å². The maximum Gasteiger partial charge on any atom is 0.249 e. The Balaban J connectivity index is 0.00000300. The van der Waals surface area contributed by atoms with E-state index >= 15 is 0 Å². The Kier molecular flexibility index (Phi) is 8.92. The zero-order valence-corrected chi connectivity index (χ0v) is 17.8. The van der Waals surface area contributed by atoms with E-state index in [4.69, 9.17) is 15.7 Å². The second-order valence-corrected chi connectivity index (χ2v) is 7.61. The van der Waals surface area contributed by atoms with Crippen LogP contribution in [-0.2, 0) is 6.42 Å². The van der Waals surface area contributed by atoms with E-state index in [1.807, 2.05) is 12.1 Å². The molecule has 0 bridgehead atoms.